The second-order valence-corrected chi connectivity index (χ2v) is 3.92. The van der Waals surface area contributed by atoms with Crippen LogP contribution >= 0.6 is 0 Å². The predicted molar refractivity (Wildman–Crippen MR) is 74.0 cm³/mol. The molecule has 0 radical (unpaired) electrons. The smallest absolute Gasteiger partial charge is 0.329 e. The van der Waals surface area contributed by atoms with Crippen molar-refractivity contribution in [2.75, 3.05) is 17.7 Å². The summed E-state index contributed by atoms with van der Waals surface area (Å²) in [5, 5.41) is 13.5. The molecule has 0 unspecified atom stereocenters. The molecule has 0 atom stereocenters. The van der Waals surface area contributed by atoms with Gasteiger partial charge in [-0.25, -0.2) is 9.37 Å². The fourth-order valence-corrected chi connectivity index (χ4v) is 1.60. The lowest BCUT2D eigenvalue weighted by Gasteiger charge is -2.09. The lowest BCUT2D eigenvalue weighted by Crippen LogP contribution is -2.04. The van der Waals surface area contributed by atoms with Gasteiger partial charge in [0.25, 0.3) is 0 Å². The molecule has 0 fully saturated rings. The molecule has 0 spiro atoms. The van der Waals surface area contributed by atoms with Gasteiger partial charge < -0.3 is 15.8 Å². The topological polar surface area (TPSA) is 116 Å². The first-order valence-corrected chi connectivity index (χ1v) is 5.97. The average molecular weight is 293 g/mol. The first-order chi connectivity index (χ1) is 10.0. The van der Waals surface area contributed by atoms with Gasteiger partial charge in [-0.05, 0) is 19.1 Å². The van der Waals surface area contributed by atoms with E-state index >= 15 is 0 Å². The third-order valence-corrected chi connectivity index (χ3v) is 2.48. The van der Waals surface area contributed by atoms with Crippen LogP contribution in [0.2, 0.25) is 0 Å². The first kappa shape index (κ1) is 14.4. The van der Waals surface area contributed by atoms with E-state index in [1.807, 2.05) is 0 Å². The molecule has 2 rings (SSSR count). The molecule has 3 N–H and O–H groups in total. The van der Waals surface area contributed by atoms with Crippen LogP contribution in [0.1, 0.15) is 6.92 Å². The van der Waals surface area contributed by atoms with Crippen LogP contribution in [0.4, 0.5) is 27.5 Å². The second-order valence-electron chi connectivity index (χ2n) is 3.92. The Morgan fingerprint density at radius 2 is 2.29 bits per heavy atom. The molecule has 0 aliphatic rings. The molecule has 1 aromatic heterocycles. The molecule has 0 saturated carbocycles. The molecular formula is C12H12FN5O3. The predicted octanol–water partition coefficient (Wildman–Crippen LogP) is 2.25. The van der Waals surface area contributed by atoms with Crippen molar-refractivity contribution in [3.8, 4) is 5.75 Å². The molecule has 21 heavy (non-hydrogen) atoms. The number of aromatic nitrogens is 2. The third kappa shape index (κ3) is 3.32. The molecule has 110 valence electrons. The lowest BCUT2D eigenvalue weighted by molar-refractivity contribution is -0.384. The minimum Gasteiger partial charge on any atom is -0.491 e. The molecule has 1 aromatic carbocycles. The van der Waals surface area contributed by atoms with Gasteiger partial charge in [0, 0.05) is 11.8 Å². The summed E-state index contributed by atoms with van der Waals surface area (Å²) in [5.41, 5.74) is 5.31. The zero-order chi connectivity index (χ0) is 15.4. The first-order valence-electron chi connectivity index (χ1n) is 5.97. The van der Waals surface area contributed by atoms with Crippen LogP contribution in [0.15, 0.2) is 24.4 Å². The maximum absolute atomic E-state index is 13.7. The maximum atomic E-state index is 13.7. The van der Waals surface area contributed by atoms with E-state index in [1.165, 1.54) is 12.1 Å². The third-order valence-electron chi connectivity index (χ3n) is 2.48. The Hall–Kier alpha value is -2.97. The summed E-state index contributed by atoms with van der Waals surface area (Å²) in [4.78, 5) is 17.5. The van der Waals surface area contributed by atoms with Gasteiger partial charge in [0.1, 0.15) is 6.20 Å². The van der Waals surface area contributed by atoms with Crippen molar-refractivity contribution in [2.24, 2.45) is 0 Å². The molecule has 2 aromatic rings. The van der Waals surface area contributed by atoms with Crippen molar-refractivity contribution < 1.29 is 14.1 Å². The molecule has 8 nitrogen and oxygen atoms in total. The number of nitrogens with two attached hydrogens (primary N) is 1. The molecule has 1 heterocycles. The van der Waals surface area contributed by atoms with Crippen molar-refractivity contribution in [1.29, 1.82) is 0 Å². The van der Waals surface area contributed by atoms with Crippen molar-refractivity contribution >= 4 is 23.1 Å². The van der Waals surface area contributed by atoms with E-state index < -0.39 is 10.7 Å². The highest BCUT2D eigenvalue weighted by atomic mass is 19.1. The van der Waals surface area contributed by atoms with Crippen LogP contribution in [0, 0.1) is 15.9 Å². The number of rotatable bonds is 5. The zero-order valence-electron chi connectivity index (χ0n) is 11.0. The SMILES string of the molecule is CCOc1ccc(Nc2nc(N)ncc2[N+](=O)[O-])cc1F. The number of ether oxygens (including phenoxy) is 1. The Morgan fingerprint density at radius 3 is 2.90 bits per heavy atom. The fourth-order valence-electron chi connectivity index (χ4n) is 1.60. The number of anilines is 3. The van der Waals surface area contributed by atoms with Gasteiger partial charge >= 0.3 is 5.69 Å². The average Bonchev–Trinajstić information content (AvgIpc) is 2.42. The zero-order valence-corrected chi connectivity index (χ0v) is 11.0. The number of hydrogen-bond acceptors (Lipinski definition) is 7. The highest BCUT2D eigenvalue weighted by molar-refractivity contribution is 5.66. The summed E-state index contributed by atoms with van der Waals surface area (Å²) in [7, 11) is 0. The summed E-state index contributed by atoms with van der Waals surface area (Å²) in [6.07, 6.45) is 0.982. The summed E-state index contributed by atoms with van der Waals surface area (Å²) in [5.74, 6) is -0.739. The number of benzene rings is 1. The van der Waals surface area contributed by atoms with E-state index in [-0.39, 0.29) is 28.9 Å². The molecule has 0 amide bonds. The number of halogens is 1. The number of nitro groups is 1. The molecule has 0 bridgehead atoms. The van der Waals surface area contributed by atoms with E-state index in [4.69, 9.17) is 10.5 Å². The van der Waals surface area contributed by atoms with Gasteiger partial charge in [-0.15, -0.1) is 0 Å². The van der Waals surface area contributed by atoms with Crippen LogP contribution in [-0.4, -0.2) is 21.5 Å². The Bertz CT molecular complexity index is 680. The van der Waals surface area contributed by atoms with Gasteiger partial charge in [0.2, 0.25) is 11.8 Å². The number of nitrogens with one attached hydrogen (secondary N) is 1. The van der Waals surface area contributed by atoms with Crippen molar-refractivity contribution in [1.82, 2.24) is 9.97 Å². The number of hydrogen-bond donors (Lipinski definition) is 2. The second kappa shape index (κ2) is 5.99. The molecular weight excluding hydrogens is 281 g/mol. The summed E-state index contributed by atoms with van der Waals surface area (Å²) >= 11 is 0. The summed E-state index contributed by atoms with van der Waals surface area (Å²) < 4.78 is 18.8. The summed E-state index contributed by atoms with van der Waals surface area (Å²) in [6.45, 7) is 2.07. The van der Waals surface area contributed by atoms with Gasteiger partial charge in [-0.2, -0.15) is 4.98 Å². The van der Waals surface area contributed by atoms with Gasteiger partial charge in [-0.1, -0.05) is 0 Å². The Morgan fingerprint density at radius 1 is 1.52 bits per heavy atom. The van der Waals surface area contributed by atoms with Crippen LogP contribution in [0.3, 0.4) is 0 Å². The van der Waals surface area contributed by atoms with Crippen LogP contribution < -0.4 is 15.8 Å². The minimum atomic E-state index is -0.660. The minimum absolute atomic E-state index is 0.0970. The van der Waals surface area contributed by atoms with E-state index in [9.17, 15) is 14.5 Å². The van der Waals surface area contributed by atoms with Crippen molar-refractivity contribution in [2.45, 2.75) is 6.92 Å². The highest BCUT2D eigenvalue weighted by Crippen LogP contribution is 2.27. The van der Waals surface area contributed by atoms with E-state index in [2.05, 4.69) is 15.3 Å². The monoisotopic (exact) mass is 293 g/mol. The van der Waals surface area contributed by atoms with E-state index in [1.54, 1.807) is 6.92 Å². The molecule has 9 heteroatoms. The molecule has 0 aliphatic carbocycles. The van der Waals surface area contributed by atoms with E-state index in [0.717, 1.165) is 12.3 Å². The van der Waals surface area contributed by atoms with Gasteiger partial charge in [0.05, 0.1) is 11.5 Å². The lowest BCUT2D eigenvalue weighted by atomic mass is 10.3. The Kier molecular flexibility index (Phi) is 4.12. The number of nitrogen functional groups attached to an aromatic ring is 1. The molecule has 0 aliphatic heterocycles. The van der Waals surface area contributed by atoms with Crippen molar-refractivity contribution in [3.05, 3.63) is 40.3 Å². The van der Waals surface area contributed by atoms with Gasteiger partial charge in [-0.3, -0.25) is 10.1 Å². The molecule has 0 saturated heterocycles. The normalized spacial score (nSPS) is 10.2. The standard InChI is InChI=1S/C12H12FN5O3/c1-2-21-10-4-3-7(5-8(10)13)16-11-9(18(19)20)6-15-12(14)17-11/h3-6H,2H2,1H3,(H3,14,15,16,17). The maximum Gasteiger partial charge on any atom is 0.329 e. The number of nitrogens with zero attached hydrogens (tertiary/aromatic N) is 3. The largest absolute Gasteiger partial charge is 0.491 e. The van der Waals surface area contributed by atoms with E-state index in [0.29, 0.717) is 6.61 Å². The quantitative estimate of drug-likeness (QED) is 0.641. The van der Waals surface area contributed by atoms with Crippen molar-refractivity contribution in [3.63, 3.8) is 0 Å². The summed E-state index contributed by atoms with van der Waals surface area (Å²) in [6, 6.07) is 4.07. The highest BCUT2D eigenvalue weighted by Gasteiger charge is 2.17. The Balaban J connectivity index is 2.32. The Labute approximate surface area is 118 Å². The van der Waals surface area contributed by atoms with Gasteiger partial charge in [0.15, 0.2) is 11.6 Å². The fraction of sp³-hybridized carbons (Fsp3) is 0.167. The van der Waals surface area contributed by atoms with Crippen LogP contribution in [-0.2, 0) is 0 Å². The van der Waals surface area contributed by atoms with Crippen LogP contribution in [0.25, 0.3) is 0 Å². The van der Waals surface area contributed by atoms with Crippen LogP contribution in [0.5, 0.6) is 5.75 Å².